The van der Waals surface area contributed by atoms with E-state index >= 15 is 0 Å². The first kappa shape index (κ1) is 14.7. The molecular formula is C11H16N2O7. The van der Waals surface area contributed by atoms with Crippen molar-refractivity contribution in [3.8, 4) is 0 Å². The first-order valence-electron chi connectivity index (χ1n) is 6.12. The highest BCUT2D eigenvalue weighted by atomic mass is 16.6. The molecule has 0 radical (unpaired) electrons. The van der Waals surface area contributed by atoms with Gasteiger partial charge in [0.1, 0.15) is 6.10 Å². The number of carbonyl (C=O) groups is 3. The number of nitrogens with one attached hydrogen (secondary N) is 1. The lowest BCUT2D eigenvalue weighted by Gasteiger charge is -2.39. The summed E-state index contributed by atoms with van der Waals surface area (Å²) in [6.45, 7) is 0.404. The predicted molar refractivity (Wildman–Crippen MR) is 62.1 cm³/mol. The second-order valence-electron chi connectivity index (χ2n) is 4.86. The quantitative estimate of drug-likeness (QED) is 0.310. The molecule has 0 unspecified atom stereocenters. The Labute approximate surface area is 114 Å². The van der Waals surface area contributed by atoms with Crippen LogP contribution in [0.2, 0.25) is 0 Å². The van der Waals surface area contributed by atoms with Crippen LogP contribution in [0, 0.1) is 0 Å². The van der Waals surface area contributed by atoms with Crippen LogP contribution in [0.25, 0.3) is 0 Å². The minimum Gasteiger partial charge on any atom is -0.450 e. The lowest BCUT2D eigenvalue weighted by Crippen LogP contribution is -2.63. The van der Waals surface area contributed by atoms with Gasteiger partial charge in [-0.05, 0) is 0 Å². The number of aliphatic hydroxyl groups is 3. The molecule has 0 spiro atoms. The summed E-state index contributed by atoms with van der Waals surface area (Å²) in [5.41, 5.74) is 0. The highest BCUT2D eigenvalue weighted by Gasteiger charge is 2.55. The monoisotopic (exact) mass is 288 g/mol. The molecule has 9 heteroatoms. The van der Waals surface area contributed by atoms with Gasteiger partial charge in [-0.15, -0.1) is 0 Å². The zero-order valence-electron chi connectivity index (χ0n) is 10.7. The molecule has 2 fully saturated rings. The van der Waals surface area contributed by atoms with E-state index in [2.05, 4.69) is 5.32 Å². The number of hydrogen-bond donors (Lipinski definition) is 4. The Morgan fingerprint density at radius 1 is 1.55 bits per heavy atom. The molecule has 20 heavy (non-hydrogen) atoms. The summed E-state index contributed by atoms with van der Waals surface area (Å²) in [6.07, 6.45) is -3.71. The van der Waals surface area contributed by atoms with E-state index in [0.717, 1.165) is 4.90 Å². The summed E-state index contributed by atoms with van der Waals surface area (Å²) in [6, 6.07) is -1.79. The van der Waals surface area contributed by atoms with Crippen LogP contribution < -0.4 is 5.32 Å². The van der Waals surface area contributed by atoms with Crippen LogP contribution in [-0.2, 0) is 19.1 Å². The van der Waals surface area contributed by atoms with Crippen molar-refractivity contribution in [1.29, 1.82) is 0 Å². The number of hydrogen-bond acceptors (Lipinski definition) is 7. The number of ether oxygens (including phenoxy) is 1. The van der Waals surface area contributed by atoms with E-state index in [1.807, 2.05) is 0 Å². The fraction of sp³-hybridized carbons (Fsp3) is 0.727. The van der Waals surface area contributed by atoms with Gasteiger partial charge >= 0.3 is 11.9 Å². The molecule has 9 nitrogen and oxygen atoms in total. The predicted octanol–water partition coefficient (Wildman–Crippen LogP) is -3.66. The molecule has 0 aliphatic carbocycles. The average Bonchev–Trinajstić information content (AvgIpc) is 2.70. The maximum Gasteiger partial charge on any atom is 0.397 e. The molecular weight excluding hydrogens is 272 g/mol. The lowest BCUT2D eigenvalue weighted by atomic mass is 9.96. The minimum absolute atomic E-state index is 0.155. The zero-order valence-corrected chi connectivity index (χ0v) is 10.7. The molecule has 2 aliphatic heterocycles. The van der Waals surface area contributed by atoms with E-state index in [0.29, 0.717) is 0 Å². The Morgan fingerprint density at radius 2 is 2.20 bits per heavy atom. The van der Waals surface area contributed by atoms with Gasteiger partial charge in [-0.2, -0.15) is 0 Å². The smallest absolute Gasteiger partial charge is 0.397 e. The number of carbonyl (C=O) groups excluding carboxylic acids is 3. The molecule has 2 amide bonds. The SMILES string of the molecule is CC(=O)N[C@H]1[C@@H]2[C@@H]([C@H](O)CO)OC(=O)C(=O)N2C[C@H]1O. The van der Waals surface area contributed by atoms with Crippen molar-refractivity contribution >= 4 is 17.8 Å². The largest absolute Gasteiger partial charge is 0.450 e. The van der Waals surface area contributed by atoms with Gasteiger partial charge in [-0.3, -0.25) is 9.59 Å². The third-order valence-electron chi connectivity index (χ3n) is 3.48. The first-order valence-corrected chi connectivity index (χ1v) is 6.12. The molecule has 2 saturated heterocycles. The second-order valence-corrected chi connectivity index (χ2v) is 4.86. The summed E-state index contributed by atoms with van der Waals surface area (Å²) in [5.74, 6) is -2.53. The van der Waals surface area contributed by atoms with Crippen molar-refractivity contribution < 1.29 is 34.4 Å². The molecule has 2 heterocycles. The van der Waals surface area contributed by atoms with E-state index in [-0.39, 0.29) is 6.54 Å². The topological polar surface area (TPSA) is 136 Å². The highest BCUT2D eigenvalue weighted by Crippen LogP contribution is 2.29. The summed E-state index contributed by atoms with van der Waals surface area (Å²) in [7, 11) is 0. The van der Waals surface area contributed by atoms with E-state index in [1.165, 1.54) is 6.92 Å². The van der Waals surface area contributed by atoms with Gasteiger partial charge in [0.15, 0.2) is 6.10 Å². The maximum atomic E-state index is 11.7. The van der Waals surface area contributed by atoms with Gasteiger partial charge in [-0.25, -0.2) is 4.79 Å². The molecule has 5 atom stereocenters. The molecule has 0 bridgehead atoms. The Morgan fingerprint density at radius 3 is 2.75 bits per heavy atom. The van der Waals surface area contributed by atoms with Gasteiger partial charge < -0.3 is 30.3 Å². The third kappa shape index (κ3) is 2.35. The van der Waals surface area contributed by atoms with E-state index in [1.54, 1.807) is 0 Å². The fourth-order valence-corrected chi connectivity index (χ4v) is 2.65. The van der Waals surface area contributed by atoms with Crippen molar-refractivity contribution in [2.75, 3.05) is 13.2 Å². The molecule has 0 aromatic carbocycles. The Bertz CT molecular complexity index is 440. The van der Waals surface area contributed by atoms with Gasteiger partial charge in [0, 0.05) is 13.5 Å². The lowest BCUT2D eigenvalue weighted by molar-refractivity contribution is -0.185. The minimum atomic E-state index is -1.42. The summed E-state index contributed by atoms with van der Waals surface area (Å²) < 4.78 is 4.82. The molecule has 2 rings (SSSR count). The average molecular weight is 288 g/mol. The van der Waals surface area contributed by atoms with E-state index < -0.39 is 54.8 Å². The Kier molecular flexibility index (Phi) is 3.93. The van der Waals surface area contributed by atoms with E-state index in [9.17, 15) is 24.6 Å². The number of morpholine rings is 1. The van der Waals surface area contributed by atoms with Gasteiger partial charge in [0.05, 0.1) is 24.8 Å². The first-order chi connectivity index (χ1) is 9.36. The van der Waals surface area contributed by atoms with Crippen molar-refractivity contribution in [3.63, 3.8) is 0 Å². The van der Waals surface area contributed by atoms with Crippen LogP contribution in [-0.4, -0.2) is 81.6 Å². The van der Waals surface area contributed by atoms with Gasteiger partial charge in [0.2, 0.25) is 5.91 Å². The molecule has 2 aliphatic rings. The van der Waals surface area contributed by atoms with Crippen molar-refractivity contribution in [3.05, 3.63) is 0 Å². The molecule has 0 aromatic rings. The standard InChI is InChI=1S/C11H16N2O7/c1-4(15)12-7-5(16)2-13-8(7)9(6(17)3-14)20-11(19)10(13)18/h5-9,14,16-17H,2-3H2,1H3,(H,12,15)/t5-,6-,7-,8-,9-/m1/s1. The Hall–Kier alpha value is -1.71. The molecule has 0 saturated carbocycles. The zero-order chi connectivity index (χ0) is 15.0. The van der Waals surface area contributed by atoms with Crippen LogP contribution in [0.5, 0.6) is 0 Å². The number of rotatable bonds is 3. The summed E-state index contributed by atoms with van der Waals surface area (Å²) in [4.78, 5) is 35.4. The third-order valence-corrected chi connectivity index (χ3v) is 3.48. The van der Waals surface area contributed by atoms with Crippen LogP contribution in [0.4, 0.5) is 0 Å². The molecule has 4 N–H and O–H groups in total. The second kappa shape index (κ2) is 5.35. The summed E-state index contributed by atoms with van der Waals surface area (Å²) in [5, 5.41) is 31.1. The van der Waals surface area contributed by atoms with Crippen LogP contribution in [0.15, 0.2) is 0 Å². The number of cyclic esters (lactones) is 1. The Balaban J connectivity index is 2.32. The van der Waals surface area contributed by atoms with E-state index in [4.69, 9.17) is 9.84 Å². The van der Waals surface area contributed by atoms with Crippen LogP contribution in [0.1, 0.15) is 6.92 Å². The van der Waals surface area contributed by atoms with Gasteiger partial charge in [0.25, 0.3) is 0 Å². The van der Waals surface area contributed by atoms with Crippen molar-refractivity contribution in [2.45, 2.75) is 37.3 Å². The number of aliphatic hydroxyl groups excluding tert-OH is 3. The molecule has 0 aromatic heterocycles. The maximum absolute atomic E-state index is 11.7. The highest BCUT2D eigenvalue weighted by molar-refractivity contribution is 6.33. The normalized spacial score (nSPS) is 34.5. The van der Waals surface area contributed by atoms with Crippen molar-refractivity contribution in [1.82, 2.24) is 10.2 Å². The van der Waals surface area contributed by atoms with Gasteiger partial charge in [-0.1, -0.05) is 0 Å². The fourth-order valence-electron chi connectivity index (χ4n) is 2.65. The molecule has 112 valence electrons. The number of fused-ring (bicyclic) bond motifs is 1. The van der Waals surface area contributed by atoms with Crippen LogP contribution >= 0.6 is 0 Å². The summed E-state index contributed by atoms with van der Waals surface area (Å²) >= 11 is 0. The number of nitrogens with zero attached hydrogens (tertiary/aromatic N) is 1. The van der Waals surface area contributed by atoms with Crippen molar-refractivity contribution in [2.24, 2.45) is 0 Å². The number of amides is 2. The number of esters is 1. The van der Waals surface area contributed by atoms with Crippen LogP contribution in [0.3, 0.4) is 0 Å².